The number of carbonyl (C=O) groups is 2. The molecule has 31 heavy (non-hydrogen) atoms. The molecular formula is C25H41N3O3. The van der Waals surface area contributed by atoms with Crippen LogP contribution in [0.3, 0.4) is 0 Å². The second-order valence-corrected chi connectivity index (χ2v) is 11.1. The summed E-state index contributed by atoms with van der Waals surface area (Å²) < 4.78 is 5.82. The summed E-state index contributed by atoms with van der Waals surface area (Å²) in [6.45, 7) is 13.8. The Bertz CT molecular complexity index is 769. The van der Waals surface area contributed by atoms with E-state index in [1.807, 2.05) is 83.6 Å². The van der Waals surface area contributed by atoms with Crippen molar-refractivity contribution in [3.05, 3.63) is 23.8 Å². The van der Waals surface area contributed by atoms with Crippen molar-refractivity contribution in [2.45, 2.75) is 73.5 Å². The molecule has 174 valence electrons. The summed E-state index contributed by atoms with van der Waals surface area (Å²) in [5, 5.41) is 3.03. The summed E-state index contributed by atoms with van der Waals surface area (Å²) in [5.74, 6) is 0.105. The van der Waals surface area contributed by atoms with Gasteiger partial charge in [0.2, 0.25) is 11.8 Å². The number of amides is 2. The van der Waals surface area contributed by atoms with Crippen molar-refractivity contribution in [2.24, 2.45) is 10.8 Å². The fraction of sp³-hybridized carbons (Fsp3) is 0.680. The highest BCUT2D eigenvalue weighted by Crippen LogP contribution is 2.28. The summed E-state index contributed by atoms with van der Waals surface area (Å²) in [6.07, 6.45) is 2.56. The maximum absolute atomic E-state index is 13.2. The van der Waals surface area contributed by atoms with E-state index in [1.165, 1.54) is 0 Å². The predicted octanol–water partition coefficient (Wildman–Crippen LogP) is 4.68. The van der Waals surface area contributed by atoms with Crippen LogP contribution in [0, 0.1) is 10.8 Å². The van der Waals surface area contributed by atoms with E-state index in [0.717, 1.165) is 36.4 Å². The third-order valence-corrected chi connectivity index (χ3v) is 5.27. The van der Waals surface area contributed by atoms with Crippen molar-refractivity contribution in [1.82, 2.24) is 4.90 Å². The highest BCUT2D eigenvalue weighted by atomic mass is 16.5. The third kappa shape index (κ3) is 7.84. The topological polar surface area (TPSA) is 61.9 Å². The van der Waals surface area contributed by atoms with Gasteiger partial charge < -0.3 is 19.9 Å². The van der Waals surface area contributed by atoms with Crippen LogP contribution in [0.4, 0.5) is 11.4 Å². The molecule has 0 spiro atoms. The number of hydrogen-bond donors (Lipinski definition) is 1. The standard InChI is InChI=1S/C25H41N3O3/c1-24(2,3)15-22(29)26-19-11-12-21(27(7)8)18(14-19)16-28(23(30)25(4,5)6)17-20-10-9-13-31-20/h11-12,14,20H,9-10,13,15-17H2,1-8H3,(H,26,29)/t20-/m1/s1. The van der Waals surface area contributed by atoms with Crippen molar-refractivity contribution in [2.75, 3.05) is 37.5 Å². The Morgan fingerprint density at radius 1 is 1.13 bits per heavy atom. The molecule has 0 aromatic heterocycles. The first kappa shape index (κ1) is 25.2. The minimum Gasteiger partial charge on any atom is -0.377 e. The third-order valence-electron chi connectivity index (χ3n) is 5.27. The van der Waals surface area contributed by atoms with Gasteiger partial charge in [0.1, 0.15) is 0 Å². The van der Waals surface area contributed by atoms with Crippen LogP contribution >= 0.6 is 0 Å². The molecule has 0 saturated carbocycles. The van der Waals surface area contributed by atoms with Crippen LogP contribution in [0.2, 0.25) is 0 Å². The van der Waals surface area contributed by atoms with Gasteiger partial charge in [-0.25, -0.2) is 0 Å². The number of nitrogens with one attached hydrogen (secondary N) is 1. The van der Waals surface area contributed by atoms with Crippen LogP contribution in [0.5, 0.6) is 0 Å². The van der Waals surface area contributed by atoms with Crippen LogP contribution in [0.25, 0.3) is 0 Å². The molecule has 1 saturated heterocycles. The molecule has 1 aromatic rings. The lowest BCUT2D eigenvalue weighted by Gasteiger charge is -2.32. The summed E-state index contributed by atoms with van der Waals surface area (Å²) in [6, 6.07) is 5.93. The lowest BCUT2D eigenvalue weighted by molar-refractivity contribution is -0.141. The molecule has 1 atom stereocenters. The van der Waals surface area contributed by atoms with Crippen LogP contribution in [0.1, 0.15) is 66.4 Å². The number of rotatable bonds is 7. The Morgan fingerprint density at radius 2 is 1.81 bits per heavy atom. The molecule has 6 heteroatoms. The molecule has 6 nitrogen and oxygen atoms in total. The monoisotopic (exact) mass is 431 g/mol. The lowest BCUT2D eigenvalue weighted by Crippen LogP contribution is -2.43. The Hall–Kier alpha value is -2.08. The first-order chi connectivity index (χ1) is 14.3. The van der Waals surface area contributed by atoms with Gasteiger partial charge in [0.25, 0.3) is 0 Å². The molecule has 0 aliphatic carbocycles. The van der Waals surface area contributed by atoms with Crippen molar-refractivity contribution < 1.29 is 14.3 Å². The second kappa shape index (κ2) is 10.0. The van der Waals surface area contributed by atoms with E-state index < -0.39 is 5.41 Å². The molecule has 0 radical (unpaired) electrons. The van der Waals surface area contributed by atoms with E-state index in [-0.39, 0.29) is 23.3 Å². The molecule has 1 aliphatic heterocycles. The van der Waals surface area contributed by atoms with Gasteiger partial charge in [-0.3, -0.25) is 9.59 Å². The highest BCUT2D eigenvalue weighted by molar-refractivity contribution is 5.91. The summed E-state index contributed by atoms with van der Waals surface area (Å²) >= 11 is 0. The zero-order valence-corrected chi connectivity index (χ0v) is 20.7. The van der Waals surface area contributed by atoms with Gasteiger partial charge in [-0.1, -0.05) is 41.5 Å². The number of anilines is 2. The molecule has 1 fully saturated rings. The lowest BCUT2D eigenvalue weighted by atomic mass is 9.92. The fourth-order valence-electron chi connectivity index (χ4n) is 3.85. The highest BCUT2D eigenvalue weighted by Gasteiger charge is 2.31. The average molecular weight is 432 g/mol. The molecule has 1 aromatic carbocycles. The molecule has 0 bridgehead atoms. The Morgan fingerprint density at radius 3 is 2.32 bits per heavy atom. The fourth-order valence-corrected chi connectivity index (χ4v) is 3.85. The average Bonchev–Trinajstić information content (AvgIpc) is 3.11. The largest absolute Gasteiger partial charge is 0.377 e. The number of carbonyl (C=O) groups excluding carboxylic acids is 2. The number of benzene rings is 1. The van der Waals surface area contributed by atoms with Gasteiger partial charge in [0.05, 0.1) is 6.10 Å². The number of ether oxygens (including phenoxy) is 1. The van der Waals surface area contributed by atoms with Crippen LogP contribution in [-0.2, 0) is 20.9 Å². The van der Waals surface area contributed by atoms with Crippen LogP contribution in [0.15, 0.2) is 18.2 Å². The van der Waals surface area contributed by atoms with E-state index in [9.17, 15) is 9.59 Å². The summed E-state index contributed by atoms with van der Waals surface area (Å²) in [4.78, 5) is 29.7. The van der Waals surface area contributed by atoms with E-state index in [2.05, 4.69) is 5.32 Å². The van der Waals surface area contributed by atoms with Crippen LogP contribution in [-0.4, -0.2) is 50.1 Å². The predicted molar refractivity (Wildman–Crippen MR) is 127 cm³/mol. The SMILES string of the molecule is CN(C)c1ccc(NC(=O)CC(C)(C)C)cc1CN(C[C@H]1CCCO1)C(=O)C(C)(C)C. The smallest absolute Gasteiger partial charge is 0.228 e. The number of hydrogen-bond acceptors (Lipinski definition) is 4. The normalized spacial score (nSPS) is 16.8. The first-order valence-corrected chi connectivity index (χ1v) is 11.3. The maximum Gasteiger partial charge on any atom is 0.228 e. The minimum atomic E-state index is -0.477. The van der Waals surface area contributed by atoms with Crippen molar-refractivity contribution in [1.29, 1.82) is 0 Å². The van der Waals surface area contributed by atoms with Gasteiger partial charge in [-0.2, -0.15) is 0 Å². The summed E-state index contributed by atoms with van der Waals surface area (Å²) in [5.41, 5.74) is 2.25. The van der Waals surface area contributed by atoms with Gasteiger partial charge in [0.15, 0.2) is 0 Å². The van der Waals surface area contributed by atoms with E-state index in [4.69, 9.17) is 4.74 Å². The Balaban J connectivity index is 2.30. The summed E-state index contributed by atoms with van der Waals surface area (Å²) in [7, 11) is 3.99. The molecule has 2 amide bonds. The van der Waals surface area contributed by atoms with E-state index in [1.54, 1.807) is 0 Å². The Kier molecular flexibility index (Phi) is 8.15. The minimum absolute atomic E-state index is 0.00182. The molecular weight excluding hydrogens is 390 g/mol. The molecule has 1 aliphatic rings. The van der Waals surface area contributed by atoms with Crippen LogP contribution < -0.4 is 10.2 Å². The van der Waals surface area contributed by atoms with Gasteiger partial charge in [-0.15, -0.1) is 0 Å². The van der Waals surface area contributed by atoms with E-state index >= 15 is 0 Å². The molecule has 1 heterocycles. The van der Waals surface area contributed by atoms with Crippen molar-refractivity contribution >= 4 is 23.2 Å². The maximum atomic E-state index is 13.2. The van der Waals surface area contributed by atoms with Crippen molar-refractivity contribution in [3.8, 4) is 0 Å². The quantitative estimate of drug-likeness (QED) is 0.681. The van der Waals surface area contributed by atoms with Gasteiger partial charge in [-0.05, 0) is 42.0 Å². The van der Waals surface area contributed by atoms with E-state index in [0.29, 0.717) is 19.5 Å². The molecule has 0 unspecified atom stereocenters. The van der Waals surface area contributed by atoms with Gasteiger partial charge >= 0.3 is 0 Å². The first-order valence-electron chi connectivity index (χ1n) is 11.3. The molecule has 1 N–H and O–H groups in total. The van der Waals surface area contributed by atoms with Crippen molar-refractivity contribution in [3.63, 3.8) is 0 Å². The second-order valence-electron chi connectivity index (χ2n) is 11.1. The molecule has 2 rings (SSSR count). The zero-order valence-electron chi connectivity index (χ0n) is 20.7. The van der Waals surface area contributed by atoms with Gasteiger partial charge in [0, 0.05) is 57.0 Å². The zero-order chi connectivity index (χ0) is 23.4. The Labute approximate surface area is 188 Å². The number of nitrogens with zero attached hydrogens (tertiary/aromatic N) is 2.